The lowest BCUT2D eigenvalue weighted by Gasteiger charge is -2.35. The average molecular weight is 371 g/mol. The Labute approximate surface area is 156 Å². The molecular weight excluding hydrogens is 350 g/mol. The standard InChI is InChI=1S/C16H15NO2.C4H6O4/c18-16(19)17-11-10-12-6-4-5-9-14(12)15(17)13-7-2-1-3-8-13;5-3(6)1-2-4(7)8/h1-9,15H,10-11H2,(H,18,19);1-2H2,(H,5,6)(H,7,8). The van der Waals surface area contributed by atoms with E-state index < -0.39 is 18.0 Å². The number of carbonyl (C=O) groups is 3. The SMILES string of the molecule is O=C(O)CCC(=O)O.O=C(O)N1CCc2ccccc2C1c1ccccc1. The molecule has 1 atom stereocenters. The summed E-state index contributed by atoms with van der Waals surface area (Å²) in [4.78, 5) is 32.3. The van der Waals surface area contributed by atoms with Crippen LogP contribution in [0.3, 0.4) is 0 Å². The second kappa shape index (κ2) is 9.38. The van der Waals surface area contributed by atoms with Crippen LogP contribution in [0.25, 0.3) is 0 Å². The first-order valence-corrected chi connectivity index (χ1v) is 8.46. The molecule has 0 aliphatic carbocycles. The summed E-state index contributed by atoms with van der Waals surface area (Å²) in [5.41, 5.74) is 3.37. The van der Waals surface area contributed by atoms with Crippen molar-refractivity contribution in [1.29, 1.82) is 0 Å². The molecule has 1 amide bonds. The summed E-state index contributed by atoms with van der Waals surface area (Å²) in [5, 5.41) is 25.2. The van der Waals surface area contributed by atoms with E-state index in [4.69, 9.17) is 10.2 Å². The van der Waals surface area contributed by atoms with Crippen molar-refractivity contribution in [3.63, 3.8) is 0 Å². The van der Waals surface area contributed by atoms with Crippen LogP contribution in [0.2, 0.25) is 0 Å². The molecule has 27 heavy (non-hydrogen) atoms. The monoisotopic (exact) mass is 371 g/mol. The second-order valence-electron chi connectivity index (χ2n) is 6.03. The van der Waals surface area contributed by atoms with Crippen molar-refractivity contribution in [1.82, 2.24) is 4.90 Å². The molecule has 0 saturated carbocycles. The summed E-state index contributed by atoms with van der Waals surface area (Å²) >= 11 is 0. The number of carboxylic acids is 2. The highest BCUT2D eigenvalue weighted by Crippen LogP contribution is 2.34. The Balaban J connectivity index is 0.000000279. The lowest BCUT2D eigenvalue weighted by atomic mass is 9.88. The maximum Gasteiger partial charge on any atom is 0.408 e. The Bertz CT molecular complexity index is 791. The minimum Gasteiger partial charge on any atom is -0.481 e. The number of nitrogens with zero attached hydrogens (tertiary/aromatic N) is 1. The Morgan fingerprint density at radius 1 is 0.852 bits per heavy atom. The van der Waals surface area contributed by atoms with Gasteiger partial charge >= 0.3 is 18.0 Å². The van der Waals surface area contributed by atoms with Crippen molar-refractivity contribution in [3.05, 3.63) is 71.3 Å². The highest BCUT2D eigenvalue weighted by atomic mass is 16.4. The predicted octanol–water partition coefficient (Wildman–Crippen LogP) is 3.25. The molecule has 0 bridgehead atoms. The smallest absolute Gasteiger partial charge is 0.408 e. The van der Waals surface area contributed by atoms with Gasteiger partial charge in [-0.15, -0.1) is 0 Å². The van der Waals surface area contributed by atoms with Crippen LogP contribution in [0, 0.1) is 0 Å². The first-order chi connectivity index (χ1) is 12.9. The van der Waals surface area contributed by atoms with Gasteiger partial charge in [0, 0.05) is 6.54 Å². The van der Waals surface area contributed by atoms with Crippen molar-refractivity contribution in [3.8, 4) is 0 Å². The zero-order valence-corrected chi connectivity index (χ0v) is 14.6. The van der Waals surface area contributed by atoms with E-state index in [1.165, 1.54) is 10.5 Å². The van der Waals surface area contributed by atoms with Crippen LogP contribution in [-0.4, -0.2) is 44.8 Å². The summed E-state index contributed by atoms with van der Waals surface area (Å²) in [5.74, 6) is -2.15. The Hall–Kier alpha value is -3.35. The number of amides is 1. The van der Waals surface area contributed by atoms with E-state index in [0.29, 0.717) is 6.54 Å². The van der Waals surface area contributed by atoms with Crippen LogP contribution in [0.15, 0.2) is 54.6 Å². The number of rotatable bonds is 4. The van der Waals surface area contributed by atoms with Gasteiger partial charge < -0.3 is 15.3 Å². The van der Waals surface area contributed by atoms with Crippen molar-refractivity contribution in [2.24, 2.45) is 0 Å². The molecule has 1 heterocycles. The van der Waals surface area contributed by atoms with Gasteiger partial charge in [-0.1, -0.05) is 54.6 Å². The van der Waals surface area contributed by atoms with Crippen molar-refractivity contribution >= 4 is 18.0 Å². The quantitative estimate of drug-likeness (QED) is 0.760. The summed E-state index contributed by atoms with van der Waals surface area (Å²) in [6, 6.07) is 17.7. The van der Waals surface area contributed by atoms with Gasteiger partial charge in [0.2, 0.25) is 0 Å². The number of fused-ring (bicyclic) bond motifs is 1. The minimum atomic E-state index is -1.08. The van der Waals surface area contributed by atoms with Crippen LogP contribution in [-0.2, 0) is 16.0 Å². The largest absolute Gasteiger partial charge is 0.481 e. The van der Waals surface area contributed by atoms with Gasteiger partial charge in [0.1, 0.15) is 0 Å². The topological polar surface area (TPSA) is 115 Å². The molecule has 3 N–H and O–H groups in total. The summed E-state index contributed by atoms with van der Waals surface area (Å²) in [6.45, 7) is 0.548. The van der Waals surface area contributed by atoms with E-state index in [1.54, 1.807) is 0 Å². The van der Waals surface area contributed by atoms with Crippen LogP contribution < -0.4 is 0 Å². The molecule has 7 heteroatoms. The van der Waals surface area contributed by atoms with Gasteiger partial charge in [0.05, 0.1) is 18.9 Å². The molecule has 0 spiro atoms. The van der Waals surface area contributed by atoms with Gasteiger partial charge in [-0.2, -0.15) is 0 Å². The molecule has 3 rings (SSSR count). The first kappa shape index (κ1) is 20.0. The van der Waals surface area contributed by atoms with Crippen molar-refractivity contribution in [2.75, 3.05) is 6.54 Å². The number of hydrogen-bond donors (Lipinski definition) is 3. The summed E-state index contributed by atoms with van der Waals surface area (Å²) in [7, 11) is 0. The third-order valence-electron chi connectivity index (χ3n) is 4.20. The lowest BCUT2D eigenvalue weighted by molar-refractivity contribution is -0.143. The molecule has 2 aromatic rings. The maximum atomic E-state index is 11.5. The third-order valence-corrected chi connectivity index (χ3v) is 4.20. The molecule has 1 aliphatic rings. The molecule has 0 aromatic heterocycles. The number of hydrogen-bond acceptors (Lipinski definition) is 3. The van der Waals surface area contributed by atoms with Crippen molar-refractivity contribution < 1.29 is 29.7 Å². The third kappa shape index (κ3) is 5.57. The van der Waals surface area contributed by atoms with Crippen LogP contribution in [0.4, 0.5) is 4.79 Å². The molecule has 1 aliphatic heterocycles. The van der Waals surface area contributed by atoms with Gasteiger partial charge in [-0.3, -0.25) is 14.5 Å². The molecule has 1 unspecified atom stereocenters. The van der Waals surface area contributed by atoms with Crippen LogP contribution in [0.5, 0.6) is 0 Å². The van der Waals surface area contributed by atoms with Gasteiger partial charge in [-0.25, -0.2) is 4.79 Å². The zero-order valence-electron chi connectivity index (χ0n) is 14.6. The van der Waals surface area contributed by atoms with Crippen molar-refractivity contribution in [2.45, 2.75) is 25.3 Å². The molecule has 0 radical (unpaired) electrons. The van der Waals surface area contributed by atoms with Crippen LogP contribution >= 0.6 is 0 Å². The van der Waals surface area contributed by atoms with E-state index in [0.717, 1.165) is 17.5 Å². The Morgan fingerprint density at radius 3 is 1.96 bits per heavy atom. The van der Waals surface area contributed by atoms with Gasteiger partial charge in [0.15, 0.2) is 0 Å². The first-order valence-electron chi connectivity index (χ1n) is 8.46. The molecule has 0 saturated heterocycles. The number of aliphatic carboxylic acids is 2. The molecule has 7 nitrogen and oxygen atoms in total. The average Bonchev–Trinajstić information content (AvgIpc) is 2.66. The minimum absolute atomic E-state index is 0.191. The summed E-state index contributed by atoms with van der Waals surface area (Å²) < 4.78 is 0. The predicted molar refractivity (Wildman–Crippen MR) is 97.7 cm³/mol. The maximum absolute atomic E-state index is 11.5. The fourth-order valence-electron chi connectivity index (χ4n) is 2.98. The number of carboxylic acid groups (broad SMARTS) is 3. The molecular formula is C20H21NO6. The highest BCUT2D eigenvalue weighted by Gasteiger charge is 2.31. The van der Waals surface area contributed by atoms with E-state index in [-0.39, 0.29) is 18.9 Å². The zero-order chi connectivity index (χ0) is 19.8. The molecule has 142 valence electrons. The van der Waals surface area contributed by atoms with E-state index in [9.17, 15) is 19.5 Å². The highest BCUT2D eigenvalue weighted by molar-refractivity contribution is 5.75. The molecule has 0 fully saturated rings. The Morgan fingerprint density at radius 2 is 1.41 bits per heavy atom. The normalized spacial score (nSPS) is 15.1. The van der Waals surface area contributed by atoms with Crippen LogP contribution in [0.1, 0.15) is 35.6 Å². The fourth-order valence-corrected chi connectivity index (χ4v) is 2.98. The Kier molecular flexibility index (Phi) is 6.93. The van der Waals surface area contributed by atoms with Gasteiger partial charge in [0.25, 0.3) is 0 Å². The van der Waals surface area contributed by atoms with E-state index >= 15 is 0 Å². The summed E-state index contributed by atoms with van der Waals surface area (Å²) in [6.07, 6.45) is -0.667. The fraction of sp³-hybridized carbons (Fsp3) is 0.250. The van der Waals surface area contributed by atoms with Gasteiger partial charge in [-0.05, 0) is 23.1 Å². The van der Waals surface area contributed by atoms with E-state index in [2.05, 4.69) is 6.07 Å². The van der Waals surface area contributed by atoms with E-state index in [1.807, 2.05) is 48.5 Å². The lowest BCUT2D eigenvalue weighted by Crippen LogP contribution is -2.39. The molecule has 2 aromatic carbocycles. The number of benzene rings is 2. The second-order valence-corrected chi connectivity index (χ2v) is 6.03.